The highest BCUT2D eigenvalue weighted by molar-refractivity contribution is 5.93. The lowest BCUT2D eigenvalue weighted by atomic mass is 9.85. The molecule has 6 nitrogen and oxygen atoms in total. The molecule has 2 N–H and O–H groups in total. The quantitative estimate of drug-likeness (QED) is 0.587. The van der Waals surface area contributed by atoms with Gasteiger partial charge in [0.25, 0.3) is 0 Å². The first-order valence-corrected chi connectivity index (χ1v) is 11.3. The number of aliphatic carboxylic acids is 1. The number of benzene rings is 2. The van der Waals surface area contributed by atoms with Crippen LogP contribution in [0, 0.1) is 11.6 Å². The maximum atomic E-state index is 14.2. The van der Waals surface area contributed by atoms with E-state index in [9.17, 15) is 23.5 Å². The van der Waals surface area contributed by atoms with Crippen molar-refractivity contribution >= 4 is 11.9 Å². The zero-order chi connectivity index (χ0) is 23.5. The number of nitrogens with zero attached hydrogens (tertiary/aromatic N) is 2. The molecule has 2 aromatic carbocycles. The molecular formula is C25H28F2N2O4. The average molecular weight is 459 g/mol. The Hall–Kier alpha value is -3.00. The van der Waals surface area contributed by atoms with E-state index in [-0.39, 0.29) is 24.4 Å². The predicted octanol–water partition coefficient (Wildman–Crippen LogP) is 3.88. The van der Waals surface area contributed by atoms with Crippen LogP contribution < -0.4 is 0 Å². The molecule has 1 amide bonds. The summed E-state index contributed by atoms with van der Waals surface area (Å²) in [6, 6.07) is 11.5. The van der Waals surface area contributed by atoms with Gasteiger partial charge in [0.1, 0.15) is 23.8 Å². The average Bonchev–Trinajstić information content (AvgIpc) is 2.99. The zero-order valence-corrected chi connectivity index (χ0v) is 18.3. The number of halogens is 2. The van der Waals surface area contributed by atoms with Crippen molar-refractivity contribution in [3.63, 3.8) is 0 Å². The number of amides is 1. The van der Waals surface area contributed by atoms with Crippen molar-refractivity contribution in [2.75, 3.05) is 13.1 Å². The van der Waals surface area contributed by atoms with Gasteiger partial charge in [-0.15, -0.1) is 0 Å². The molecule has 8 heteroatoms. The molecule has 3 atom stereocenters. The van der Waals surface area contributed by atoms with E-state index >= 15 is 0 Å². The van der Waals surface area contributed by atoms with Crippen LogP contribution >= 0.6 is 0 Å². The molecule has 2 fully saturated rings. The molecule has 2 heterocycles. The molecule has 0 saturated carbocycles. The molecule has 2 aromatic rings. The summed E-state index contributed by atoms with van der Waals surface area (Å²) in [5, 5.41) is 18.9. The minimum Gasteiger partial charge on any atom is -0.508 e. The van der Waals surface area contributed by atoms with Gasteiger partial charge in [-0.3, -0.25) is 14.5 Å². The number of fused-ring (bicyclic) bond motifs is 2. The fourth-order valence-corrected chi connectivity index (χ4v) is 5.33. The Kier molecular flexibility index (Phi) is 6.93. The van der Waals surface area contributed by atoms with E-state index < -0.39 is 29.9 Å². The van der Waals surface area contributed by atoms with Gasteiger partial charge in [0.15, 0.2) is 0 Å². The second-order valence-corrected chi connectivity index (χ2v) is 8.97. The lowest BCUT2D eigenvalue weighted by molar-refractivity contribution is -0.144. The van der Waals surface area contributed by atoms with Crippen molar-refractivity contribution in [1.29, 1.82) is 0 Å². The summed E-state index contributed by atoms with van der Waals surface area (Å²) in [6.07, 6.45) is 3.22. The van der Waals surface area contributed by atoms with Gasteiger partial charge in [-0.2, -0.15) is 0 Å². The van der Waals surface area contributed by atoms with E-state index in [1.807, 2.05) is 18.2 Å². The zero-order valence-electron chi connectivity index (χ0n) is 18.3. The third-order valence-corrected chi connectivity index (χ3v) is 6.92. The first kappa shape index (κ1) is 23.2. The van der Waals surface area contributed by atoms with E-state index in [0.29, 0.717) is 24.5 Å². The van der Waals surface area contributed by atoms with E-state index in [2.05, 4.69) is 4.90 Å². The van der Waals surface area contributed by atoms with Crippen LogP contribution in [0.15, 0.2) is 42.5 Å². The largest absolute Gasteiger partial charge is 0.508 e. The predicted molar refractivity (Wildman–Crippen MR) is 118 cm³/mol. The number of phenolic OH excluding ortho intramolecular Hbond substituents is 1. The number of phenols is 1. The summed E-state index contributed by atoms with van der Waals surface area (Å²) >= 11 is 0. The van der Waals surface area contributed by atoms with E-state index in [0.717, 1.165) is 43.4 Å². The molecule has 176 valence electrons. The second-order valence-electron chi connectivity index (χ2n) is 8.97. The molecule has 2 aliphatic heterocycles. The number of carboxylic acid groups (broad SMARTS) is 1. The number of hydrogen-bond acceptors (Lipinski definition) is 4. The molecule has 4 rings (SSSR count). The van der Waals surface area contributed by atoms with Crippen molar-refractivity contribution < 1.29 is 28.6 Å². The molecule has 0 unspecified atom stereocenters. The van der Waals surface area contributed by atoms with Gasteiger partial charge in [-0.1, -0.05) is 18.2 Å². The van der Waals surface area contributed by atoms with Crippen molar-refractivity contribution in [2.45, 2.75) is 56.7 Å². The van der Waals surface area contributed by atoms with Crippen molar-refractivity contribution in [2.24, 2.45) is 0 Å². The number of piperidine rings is 1. The van der Waals surface area contributed by atoms with Gasteiger partial charge < -0.3 is 15.1 Å². The second kappa shape index (κ2) is 9.87. The molecule has 33 heavy (non-hydrogen) atoms. The summed E-state index contributed by atoms with van der Waals surface area (Å²) in [5.41, 5.74) is 0.890. The lowest BCUT2D eigenvalue weighted by Crippen LogP contribution is -2.47. The summed E-state index contributed by atoms with van der Waals surface area (Å²) in [5.74, 6) is -2.83. The minimum atomic E-state index is -1.27. The van der Waals surface area contributed by atoms with Crippen LogP contribution in [-0.2, 0) is 16.1 Å². The van der Waals surface area contributed by atoms with Gasteiger partial charge in [0, 0.05) is 30.7 Å². The minimum absolute atomic E-state index is 0.198. The Labute approximate surface area is 191 Å². The first-order chi connectivity index (χ1) is 15.8. The molecule has 0 radical (unpaired) electrons. The Balaban J connectivity index is 1.44. The molecule has 0 aromatic heterocycles. The summed E-state index contributed by atoms with van der Waals surface area (Å²) in [6.45, 7) is 0.410. The monoisotopic (exact) mass is 458 g/mol. The van der Waals surface area contributed by atoms with Gasteiger partial charge in [-0.25, -0.2) is 8.78 Å². The molecule has 2 bridgehead atoms. The third kappa shape index (κ3) is 5.33. The molecular weight excluding hydrogens is 430 g/mol. The normalized spacial score (nSPS) is 22.3. The van der Waals surface area contributed by atoms with Crippen molar-refractivity contribution in [1.82, 2.24) is 9.80 Å². The highest BCUT2D eigenvalue weighted by atomic mass is 19.1. The van der Waals surface area contributed by atoms with Crippen LogP contribution in [0.1, 0.15) is 49.1 Å². The summed E-state index contributed by atoms with van der Waals surface area (Å²) in [7, 11) is 0. The standard InChI is InChI=1S/C25H28F2N2O4/c26-22-5-2-6-23(27)21(22)15-28(24(31)14-25(32)33)9-10-29-18-7-8-19(29)12-17(11-18)16-3-1-4-20(30)13-16/h1-6,13,17-19,30H,7-12,14-15H2,(H,32,33)/t17-,18+,19-. The smallest absolute Gasteiger partial charge is 0.312 e. The maximum Gasteiger partial charge on any atom is 0.312 e. The number of rotatable bonds is 8. The molecule has 2 saturated heterocycles. The van der Waals surface area contributed by atoms with Crippen LogP contribution in [-0.4, -0.2) is 57.1 Å². The SMILES string of the molecule is O=C(O)CC(=O)N(CCN1[C@@H]2CC[C@H]1C[C@@H](c1cccc(O)c1)C2)Cc1c(F)cccc1F. The Morgan fingerprint density at radius 3 is 2.27 bits per heavy atom. The first-order valence-electron chi connectivity index (χ1n) is 11.3. The molecule has 2 aliphatic rings. The third-order valence-electron chi connectivity index (χ3n) is 6.92. The Morgan fingerprint density at radius 1 is 1.03 bits per heavy atom. The highest BCUT2D eigenvalue weighted by Crippen LogP contribution is 2.43. The number of carboxylic acids is 1. The van der Waals surface area contributed by atoms with Crippen LogP contribution in [0.5, 0.6) is 5.75 Å². The lowest BCUT2D eigenvalue weighted by Gasteiger charge is -2.40. The Morgan fingerprint density at radius 2 is 1.67 bits per heavy atom. The Bertz CT molecular complexity index is 997. The van der Waals surface area contributed by atoms with Crippen molar-refractivity contribution in [3.8, 4) is 5.75 Å². The molecule has 0 aliphatic carbocycles. The van der Waals surface area contributed by atoms with E-state index in [4.69, 9.17) is 5.11 Å². The van der Waals surface area contributed by atoms with Crippen LogP contribution in [0.3, 0.4) is 0 Å². The van der Waals surface area contributed by atoms with Gasteiger partial charge in [0.2, 0.25) is 5.91 Å². The van der Waals surface area contributed by atoms with E-state index in [1.165, 1.54) is 11.0 Å². The summed E-state index contributed by atoms with van der Waals surface area (Å²) < 4.78 is 28.4. The van der Waals surface area contributed by atoms with Crippen molar-refractivity contribution in [3.05, 3.63) is 65.2 Å². The number of aromatic hydroxyl groups is 1. The summed E-state index contributed by atoms with van der Waals surface area (Å²) in [4.78, 5) is 27.2. The van der Waals surface area contributed by atoms with Crippen LogP contribution in [0.4, 0.5) is 8.78 Å². The molecule has 0 spiro atoms. The number of carbonyl (C=O) groups is 2. The fraction of sp³-hybridized carbons (Fsp3) is 0.440. The van der Waals surface area contributed by atoms with Gasteiger partial charge >= 0.3 is 5.97 Å². The fourth-order valence-electron chi connectivity index (χ4n) is 5.33. The van der Waals surface area contributed by atoms with Gasteiger partial charge in [0.05, 0.1) is 6.54 Å². The van der Waals surface area contributed by atoms with Gasteiger partial charge in [-0.05, 0) is 61.4 Å². The van der Waals surface area contributed by atoms with Crippen LogP contribution in [0.25, 0.3) is 0 Å². The maximum absolute atomic E-state index is 14.2. The highest BCUT2D eigenvalue weighted by Gasteiger charge is 2.41. The number of carbonyl (C=O) groups excluding carboxylic acids is 1. The number of hydrogen-bond donors (Lipinski definition) is 2. The van der Waals surface area contributed by atoms with Crippen LogP contribution in [0.2, 0.25) is 0 Å². The topological polar surface area (TPSA) is 81.1 Å². The van der Waals surface area contributed by atoms with E-state index in [1.54, 1.807) is 6.07 Å².